The molecule has 2 aromatic carbocycles. The lowest BCUT2D eigenvalue weighted by molar-refractivity contribution is 0.0148. The third-order valence-electron chi connectivity index (χ3n) is 5.86. The molecule has 1 fully saturated rings. The van der Waals surface area contributed by atoms with E-state index in [4.69, 9.17) is 4.74 Å². The standard InChI is InChI=1S/C26H32N4O4S2.C4H9NO2/c1-26(2,3)30-36(32,33)23-15-19(29-25(31)28-16-18-9-5-4-6-10-18)12-13-20(23)22-17-27-24(35-22)21-11-7-8-14-34-21;1-3(2)7-4(5)6/h4-6,9-10,12-13,15,17,21,30H,7-8,11,14,16H2,1-3H3,(H2,28,29,31);3H,1-2H3,(H2,5,6)/t21-;/m0./s1. The number of carbonyl (C=O) groups is 2. The molecule has 0 unspecified atom stereocenters. The van der Waals surface area contributed by atoms with E-state index in [-0.39, 0.29) is 17.1 Å². The number of nitrogens with zero attached hydrogens (tertiary/aromatic N) is 1. The van der Waals surface area contributed by atoms with Crippen molar-refractivity contribution in [2.24, 2.45) is 5.73 Å². The van der Waals surface area contributed by atoms with E-state index in [1.165, 1.54) is 17.4 Å². The van der Waals surface area contributed by atoms with Gasteiger partial charge in [-0.05, 0) is 71.6 Å². The number of rotatable bonds is 8. The molecule has 1 aliphatic heterocycles. The Morgan fingerprint density at radius 2 is 1.86 bits per heavy atom. The monoisotopic (exact) mass is 631 g/mol. The molecule has 234 valence electrons. The summed E-state index contributed by atoms with van der Waals surface area (Å²) in [5.41, 5.74) is 5.82. The Bertz CT molecular complexity index is 1460. The van der Waals surface area contributed by atoms with Crippen molar-refractivity contribution in [1.82, 2.24) is 15.0 Å². The maximum atomic E-state index is 13.4. The first-order valence-corrected chi connectivity index (χ1v) is 16.3. The zero-order valence-corrected chi connectivity index (χ0v) is 26.8. The summed E-state index contributed by atoms with van der Waals surface area (Å²) in [4.78, 5) is 27.7. The summed E-state index contributed by atoms with van der Waals surface area (Å²) in [5, 5.41) is 6.39. The van der Waals surface area contributed by atoms with Gasteiger partial charge in [-0.15, -0.1) is 11.3 Å². The van der Waals surface area contributed by atoms with E-state index in [1.54, 1.807) is 52.9 Å². The van der Waals surface area contributed by atoms with Crippen molar-refractivity contribution in [1.29, 1.82) is 0 Å². The lowest BCUT2D eigenvalue weighted by atomic mass is 10.1. The van der Waals surface area contributed by atoms with Crippen molar-refractivity contribution >= 4 is 39.2 Å². The number of aromatic nitrogens is 1. The first-order chi connectivity index (χ1) is 20.2. The topological polar surface area (TPSA) is 162 Å². The van der Waals surface area contributed by atoms with Gasteiger partial charge in [0.15, 0.2) is 0 Å². The fourth-order valence-corrected chi connectivity index (χ4v) is 6.94. The van der Waals surface area contributed by atoms with Crippen LogP contribution >= 0.6 is 11.3 Å². The molecule has 43 heavy (non-hydrogen) atoms. The number of nitrogens with one attached hydrogen (secondary N) is 3. The fraction of sp³-hybridized carbons (Fsp3) is 0.433. The molecule has 3 amide bonds. The molecule has 0 spiro atoms. The van der Waals surface area contributed by atoms with Crippen LogP contribution in [0.2, 0.25) is 0 Å². The summed E-state index contributed by atoms with van der Waals surface area (Å²) in [6.45, 7) is 9.91. The van der Waals surface area contributed by atoms with Crippen molar-refractivity contribution in [3.05, 3.63) is 65.3 Å². The Hall–Kier alpha value is -3.52. The van der Waals surface area contributed by atoms with E-state index in [2.05, 4.69) is 30.8 Å². The number of nitrogens with two attached hydrogens (primary N) is 1. The van der Waals surface area contributed by atoms with Gasteiger partial charge in [-0.25, -0.2) is 27.7 Å². The summed E-state index contributed by atoms with van der Waals surface area (Å²) < 4.78 is 39.8. The summed E-state index contributed by atoms with van der Waals surface area (Å²) in [5.74, 6) is 0. The highest BCUT2D eigenvalue weighted by Crippen LogP contribution is 2.38. The van der Waals surface area contributed by atoms with Gasteiger partial charge in [0.05, 0.1) is 15.9 Å². The fourth-order valence-electron chi connectivity index (χ4n) is 4.17. The summed E-state index contributed by atoms with van der Waals surface area (Å²) in [6.07, 6.45) is 3.87. The number of benzene rings is 2. The van der Waals surface area contributed by atoms with E-state index in [1.807, 2.05) is 30.3 Å². The Morgan fingerprint density at radius 3 is 2.44 bits per heavy atom. The number of ether oxygens (including phenoxy) is 2. The molecular weight excluding hydrogens is 590 g/mol. The molecule has 1 aliphatic rings. The molecule has 4 rings (SSSR count). The quantitative estimate of drug-likeness (QED) is 0.239. The van der Waals surface area contributed by atoms with Gasteiger partial charge >= 0.3 is 12.1 Å². The van der Waals surface area contributed by atoms with Crippen molar-refractivity contribution in [3.8, 4) is 10.4 Å². The number of primary amides is 1. The molecule has 0 bridgehead atoms. The maximum absolute atomic E-state index is 13.4. The molecular formula is C30H41N5O6S2. The third kappa shape index (κ3) is 11.2. The number of sulfonamides is 1. The smallest absolute Gasteiger partial charge is 0.404 e. The minimum absolute atomic E-state index is 0.0560. The van der Waals surface area contributed by atoms with Gasteiger partial charge in [0, 0.05) is 36.1 Å². The van der Waals surface area contributed by atoms with Crippen LogP contribution in [0.3, 0.4) is 0 Å². The van der Waals surface area contributed by atoms with Crippen molar-refractivity contribution in [2.45, 2.75) is 83.1 Å². The van der Waals surface area contributed by atoms with Gasteiger partial charge in [-0.2, -0.15) is 0 Å². The Balaban J connectivity index is 0.000000646. The molecule has 3 aromatic rings. The molecule has 5 N–H and O–H groups in total. The first kappa shape index (κ1) is 34.0. The van der Waals surface area contributed by atoms with E-state index in [0.29, 0.717) is 24.4 Å². The number of carbonyl (C=O) groups excluding carboxylic acids is 2. The second-order valence-electron chi connectivity index (χ2n) is 11.3. The van der Waals surface area contributed by atoms with Crippen LogP contribution in [0.1, 0.15) is 70.6 Å². The maximum Gasteiger partial charge on any atom is 0.404 e. The second-order valence-corrected chi connectivity index (χ2v) is 14.0. The lowest BCUT2D eigenvalue weighted by Gasteiger charge is -2.22. The predicted octanol–water partition coefficient (Wildman–Crippen LogP) is 5.94. The van der Waals surface area contributed by atoms with Gasteiger partial charge in [0.1, 0.15) is 11.1 Å². The number of urea groups is 1. The molecule has 13 heteroatoms. The van der Waals surface area contributed by atoms with Crippen LogP contribution in [0.15, 0.2) is 59.6 Å². The number of thiazole rings is 1. The minimum atomic E-state index is -3.90. The lowest BCUT2D eigenvalue weighted by Crippen LogP contribution is -2.40. The number of hydrogen-bond acceptors (Lipinski definition) is 8. The highest BCUT2D eigenvalue weighted by molar-refractivity contribution is 7.89. The van der Waals surface area contributed by atoms with Crippen LogP contribution in [0.4, 0.5) is 15.3 Å². The average molecular weight is 632 g/mol. The average Bonchev–Trinajstić information content (AvgIpc) is 3.42. The van der Waals surface area contributed by atoms with Crippen LogP contribution in [-0.2, 0) is 26.0 Å². The van der Waals surface area contributed by atoms with Crippen LogP contribution < -0.4 is 21.1 Å². The Morgan fingerprint density at radius 1 is 1.14 bits per heavy atom. The molecule has 0 radical (unpaired) electrons. The first-order valence-electron chi connectivity index (χ1n) is 14.0. The zero-order valence-electron chi connectivity index (χ0n) is 25.2. The highest BCUT2D eigenvalue weighted by atomic mass is 32.2. The molecule has 0 aliphatic carbocycles. The molecule has 1 saturated heterocycles. The van der Waals surface area contributed by atoms with Crippen LogP contribution in [0.5, 0.6) is 0 Å². The molecule has 1 atom stereocenters. The van der Waals surface area contributed by atoms with Gasteiger partial charge in [-0.3, -0.25) is 0 Å². The normalized spacial score (nSPS) is 15.3. The summed E-state index contributed by atoms with van der Waals surface area (Å²) >= 11 is 1.44. The van der Waals surface area contributed by atoms with Gasteiger partial charge in [-0.1, -0.05) is 36.4 Å². The van der Waals surface area contributed by atoms with Gasteiger partial charge in [0.2, 0.25) is 10.0 Å². The number of amides is 3. The van der Waals surface area contributed by atoms with Crippen LogP contribution in [-0.4, -0.2) is 43.8 Å². The summed E-state index contributed by atoms with van der Waals surface area (Å²) in [7, 11) is -3.90. The van der Waals surface area contributed by atoms with E-state index in [0.717, 1.165) is 34.7 Å². The van der Waals surface area contributed by atoms with E-state index in [9.17, 15) is 18.0 Å². The number of anilines is 1. The number of hydrogen-bond donors (Lipinski definition) is 4. The molecule has 11 nitrogen and oxygen atoms in total. The van der Waals surface area contributed by atoms with Crippen molar-refractivity contribution < 1.29 is 27.5 Å². The van der Waals surface area contributed by atoms with Gasteiger partial charge in [0.25, 0.3) is 0 Å². The third-order valence-corrected chi connectivity index (χ3v) is 8.78. The van der Waals surface area contributed by atoms with Crippen molar-refractivity contribution in [2.75, 3.05) is 11.9 Å². The van der Waals surface area contributed by atoms with E-state index < -0.39 is 27.7 Å². The van der Waals surface area contributed by atoms with Crippen molar-refractivity contribution in [3.63, 3.8) is 0 Å². The van der Waals surface area contributed by atoms with Gasteiger partial charge < -0.3 is 25.8 Å². The van der Waals surface area contributed by atoms with E-state index >= 15 is 0 Å². The highest BCUT2D eigenvalue weighted by Gasteiger charge is 2.27. The van der Waals surface area contributed by atoms with Crippen LogP contribution in [0.25, 0.3) is 10.4 Å². The Kier molecular flexibility index (Phi) is 12.1. The Labute approximate surface area is 257 Å². The molecule has 2 heterocycles. The van der Waals surface area contributed by atoms with Crippen LogP contribution in [0, 0.1) is 0 Å². The molecule has 0 saturated carbocycles. The second kappa shape index (κ2) is 15.3. The predicted molar refractivity (Wildman–Crippen MR) is 168 cm³/mol. The minimum Gasteiger partial charge on any atom is -0.447 e. The largest absolute Gasteiger partial charge is 0.447 e. The SMILES string of the molecule is CC(C)(C)NS(=O)(=O)c1cc(NC(=O)NCc2ccccc2)ccc1-c1cnc([C@@H]2CCCCO2)s1.CC(C)OC(N)=O. The summed E-state index contributed by atoms with van der Waals surface area (Å²) in [6, 6.07) is 14.0. The zero-order chi connectivity index (χ0) is 31.6. The molecule has 1 aromatic heterocycles.